The van der Waals surface area contributed by atoms with Crippen molar-refractivity contribution >= 4 is 33.3 Å². The summed E-state index contributed by atoms with van der Waals surface area (Å²) in [5.41, 5.74) is 0.834. The Morgan fingerprint density at radius 2 is 2.02 bits per heavy atom. The molecule has 3 N–H and O–H groups in total. The van der Waals surface area contributed by atoms with Crippen LogP contribution >= 0.6 is 0 Å². The molecule has 2 aromatic carbocycles. The molecular weight excluding hydrogens is 542 g/mol. The van der Waals surface area contributed by atoms with Crippen molar-refractivity contribution in [1.29, 1.82) is 0 Å². The Bertz CT molecular complexity index is 1870. The molecule has 0 saturated carbocycles. The van der Waals surface area contributed by atoms with Crippen molar-refractivity contribution in [2.24, 2.45) is 0 Å². The lowest BCUT2D eigenvalue weighted by atomic mass is 9.94. The fourth-order valence-corrected chi connectivity index (χ4v) is 7.10. The predicted molar refractivity (Wildman–Crippen MR) is 154 cm³/mol. The average Bonchev–Trinajstić information content (AvgIpc) is 3.28. The number of nitrogens with one attached hydrogen (secondary N) is 1. The van der Waals surface area contributed by atoms with Gasteiger partial charge in [0, 0.05) is 47.1 Å². The zero-order valence-corrected chi connectivity index (χ0v) is 23.0. The lowest BCUT2D eigenvalue weighted by molar-refractivity contribution is -0.136. The fraction of sp³-hybridized carbons (Fsp3) is 0.344. The number of carbonyl (C=O) groups is 1. The molecule has 42 heavy (non-hydrogen) atoms. The topological polar surface area (TPSA) is 108 Å². The molecule has 8 nitrogen and oxygen atoms in total. The lowest BCUT2D eigenvalue weighted by Crippen LogP contribution is -2.62. The second-order valence-electron chi connectivity index (χ2n) is 11.4. The molecule has 0 radical (unpaired) electrons. The number of terminal acetylenes is 1. The number of phenolic OH excluding ortho intramolecular Hbond substituents is 1. The van der Waals surface area contributed by atoms with Crippen LogP contribution in [0.15, 0.2) is 24.3 Å². The van der Waals surface area contributed by atoms with Crippen LogP contribution in [-0.2, 0) is 11.2 Å². The number of carboxylic acid groups (broad SMARTS) is 1. The summed E-state index contributed by atoms with van der Waals surface area (Å²) in [6, 6.07) is 5.70. The zero-order chi connectivity index (χ0) is 29.4. The van der Waals surface area contributed by atoms with Crippen LogP contribution in [0.1, 0.15) is 43.0 Å². The van der Waals surface area contributed by atoms with Crippen LogP contribution in [0, 0.1) is 30.9 Å². The van der Waals surface area contributed by atoms with Crippen LogP contribution in [0.25, 0.3) is 32.8 Å². The van der Waals surface area contributed by atoms with Crippen LogP contribution in [0.3, 0.4) is 0 Å². The number of carboxylic acids is 1. The Hall–Kier alpha value is -4.49. The maximum atomic E-state index is 17.0. The van der Waals surface area contributed by atoms with Gasteiger partial charge in [0.2, 0.25) is 5.88 Å². The van der Waals surface area contributed by atoms with E-state index in [0.29, 0.717) is 34.4 Å². The van der Waals surface area contributed by atoms with E-state index in [1.54, 1.807) is 6.92 Å². The molecule has 2 aromatic heterocycles. The minimum absolute atomic E-state index is 0.0718. The molecule has 3 aliphatic rings. The zero-order valence-electron chi connectivity index (χ0n) is 23.0. The Kier molecular flexibility index (Phi) is 5.99. The molecule has 0 aliphatic carbocycles. The van der Waals surface area contributed by atoms with Gasteiger partial charge in [0.05, 0.1) is 23.4 Å². The van der Waals surface area contributed by atoms with Crippen molar-refractivity contribution in [1.82, 2.24) is 15.3 Å². The lowest BCUT2D eigenvalue weighted by Gasteiger charge is -2.43. The summed E-state index contributed by atoms with van der Waals surface area (Å²) < 4.78 is 38.4. The van der Waals surface area contributed by atoms with Gasteiger partial charge in [0.15, 0.2) is 5.82 Å². The summed E-state index contributed by atoms with van der Waals surface area (Å²) in [6.07, 6.45) is 7.24. The summed E-state index contributed by atoms with van der Waals surface area (Å²) in [6.45, 7) is 4.30. The van der Waals surface area contributed by atoms with E-state index in [4.69, 9.17) is 21.1 Å². The number of hydrogen-bond donors (Lipinski definition) is 3. The van der Waals surface area contributed by atoms with Crippen LogP contribution < -0.4 is 15.0 Å². The summed E-state index contributed by atoms with van der Waals surface area (Å²) in [5, 5.41) is 25.0. The van der Waals surface area contributed by atoms with Crippen LogP contribution in [0.2, 0.25) is 0 Å². The number of aromatic hydroxyl groups is 1. The van der Waals surface area contributed by atoms with Gasteiger partial charge in [-0.15, -0.1) is 6.42 Å². The van der Waals surface area contributed by atoms with Crippen molar-refractivity contribution in [3.8, 4) is 35.2 Å². The quantitative estimate of drug-likeness (QED) is 0.300. The van der Waals surface area contributed by atoms with E-state index in [9.17, 15) is 19.4 Å². The highest BCUT2D eigenvalue weighted by atomic mass is 19.1. The minimum atomic E-state index is -0.983. The largest absolute Gasteiger partial charge is 0.508 e. The molecule has 7 rings (SSSR count). The first-order valence-corrected chi connectivity index (χ1v) is 14.0. The molecule has 4 atom stereocenters. The highest BCUT2D eigenvalue weighted by Gasteiger charge is 2.47. The SMILES string of the molecule is C#Cc1c(F)ccc2cc(O)cc(-c3nc4c5c(nc(CCC(=O)O)c(C)c5c3F)N3C[C@H]5CC[C@H](N5)[C@H]3[C@H](C)O4)c12. The maximum absolute atomic E-state index is 17.0. The van der Waals surface area contributed by atoms with E-state index in [1.165, 1.54) is 24.3 Å². The molecule has 214 valence electrons. The number of hydrogen-bond acceptors (Lipinski definition) is 7. The molecular formula is C32H28F2N4O4. The van der Waals surface area contributed by atoms with Gasteiger partial charge in [0.1, 0.15) is 29.2 Å². The molecule has 0 amide bonds. The highest BCUT2D eigenvalue weighted by Crippen LogP contribution is 2.47. The number of aliphatic carboxylic acids is 1. The first-order valence-electron chi connectivity index (χ1n) is 14.0. The molecule has 5 heterocycles. The van der Waals surface area contributed by atoms with Gasteiger partial charge in [-0.05, 0) is 55.8 Å². The Labute approximate surface area is 240 Å². The third-order valence-corrected chi connectivity index (χ3v) is 8.92. The van der Waals surface area contributed by atoms with E-state index in [2.05, 4.69) is 16.1 Å². The molecule has 0 unspecified atom stereocenters. The molecule has 2 fully saturated rings. The van der Waals surface area contributed by atoms with Gasteiger partial charge in [-0.3, -0.25) is 4.79 Å². The second-order valence-corrected chi connectivity index (χ2v) is 11.4. The number of pyridine rings is 2. The third-order valence-electron chi connectivity index (χ3n) is 8.92. The van der Waals surface area contributed by atoms with Crippen molar-refractivity contribution in [2.75, 3.05) is 11.4 Å². The van der Waals surface area contributed by atoms with Crippen molar-refractivity contribution < 1.29 is 28.5 Å². The van der Waals surface area contributed by atoms with Gasteiger partial charge >= 0.3 is 5.97 Å². The van der Waals surface area contributed by atoms with Gasteiger partial charge < -0.3 is 25.2 Å². The molecule has 0 spiro atoms. The van der Waals surface area contributed by atoms with Crippen LogP contribution in [0.5, 0.6) is 11.6 Å². The second kappa shape index (κ2) is 9.53. The standard InChI is InChI=1S/C32H28F2N4O4/c1-4-19-21(33)7-5-16-11-18(39)12-20(26(16)19)29-28(34)25-14(2)22(9-10-24(40)41)36-31-27(25)32(37-29)42-15(3)30-23-8-6-17(35-23)13-38(30)31/h1,5,7,11-12,15,17,23,30,35,39H,6,8-10,13H2,2-3H3,(H,40,41)/t15-,17+,23-,30+/m0/s1. The number of anilines is 1. The van der Waals surface area contributed by atoms with Gasteiger partial charge in [-0.1, -0.05) is 12.0 Å². The average molecular weight is 571 g/mol. The normalized spacial score (nSPS) is 22.5. The fourth-order valence-electron chi connectivity index (χ4n) is 7.10. The third kappa shape index (κ3) is 3.87. The number of piperazine rings is 1. The summed E-state index contributed by atoms with van der Waals surface area (Å²) >= 11 is 0. The van der Waals surface area contributed by atoms with Crippen LogP contribution in [0.4, 0.5) is 14.6 Å². The van der Waals surface area contributed by atoms with Crippen LogP contribution in [-0.4, -0.2) is 56.9 Å². The Balaban J connectivity index is 1.57. The molecule has 2 saturated heterocycles. The number of phenols is 1. The van der Waals surface area contributed by atoms with E-state index >= 15 is 4.39 Å². The van der Waals surface area contributed by atoms with E-state index in [1.807, 2.05) is 6.92 Å². The number of rotatable bonds is 4. The van der Waals surface area contributed by atoms with E-state index in [0.717, 1.165) is 12.8 Å². The smallest absolute Gasteiger partial charge is 0.303 e. The number of fused-ring (bicyclic) bond motifs is 6. The number of halogens is 2. The number of aromatic nitrogens is 2. The number of nitrogens with zero attached hydrogens (tertiary/aromatic N) is 3. The minimum Gasteiger partial charge on any atom is -0.508 e. The predicted octanol–water partition coefficient (Wildman–Crippen LogP) is 4.83. The van der Waals surface area contributed by atoms with Gasteiger partial charge in [-0.2, -0.15) is 0 Å². The van der Waals surface area contributed by atoms with Gasteiger partial charge in [0.25, 0.3) is 0 Å². The Morgan fingerprint density at radius 3 is 2.79 bits per heavy atom. The number of aryl methyl sites for hydroxylation is 2. The first-order chi connectivity index (χ1) is 20.2. The van der Waals surface area contributed by atoms with Crippen molar-refractivity contribution in [3.05, 3.63) is 52.7 Å². The molecule has 2 bridgehead atoms. The molecule has 3 aliphatic heterocycles. The van der Waals surface area contributed by atoms with Crippen molar-refractivity contribution in [3.63, 3.8) is 0 Å². The molecule has 10 heteroatoms. The van der Waals surface area contributed by atoms with E-state index < -0.39 is 17.6 Å². The first kappa shape index (κ1) is 26.4. The maximum Gasteiger partial charge on any atom is 0.303 e. The number of benzene rings is 2. The summed E-state index contributed by atoms with van der Waals surface area (Å²) in [4.78, 5) is 23.3. The monoisotopic (exact) mass is 570 g/mol. The Morgan fingerprint density at radius 1 is 1.21 bits per heavy atom. The van der Waals surface area contributed by atoms with Crippen molar-refractivity contribution in [2.45, 2.75) is 63.8 Å². The van der Waals surface area contributed by atoms with Gasteiger partial charge in [-0.25, -0.2) is 18.7 Å². The number of ether oxygens (including phenoxy) is 1. The highest BCUT2D eigenvalue weighted by molar-refractivity contribution is 6.06. The summed E-state index contributed by atoms with van der Waals surface area (Å²) in [7, 11) is 0. The molecule has 4 aromatic rings. The van der Waals surface area contributed by atoms with E-state index in [-0.39, 0.29) is 76.3 Å². The summed E-state index contributed by atoms with van der Waals surface area (Å²) in [5.74, 6) is 0.552.